The van der Waals surface area contributed by atoms with E-state index in [-0.39, 0.29) is 6.54 Å². The van der Waals surface area contributed by atoms with Gasteiger partial charge in [-0.25, -0.2) is 0 Å². The van der Waals surface area contributed by atoms with Crippen molar-refractivity contribution >= 4 is 17.4 Å². The summed E-state index contributed by atoms with van der Waals surface area (Å²) in [5, 5.41) is 7.60. The quantitative estimate of drug-likeness (QED) is 0.777. The van der Waals surface area contributed by atoms with E-state index in [1.165, 1.54) is 4.90 Å². The predicted molar refractivity (Wildman–Crippen MR) is 70.5 cm³/mol. The van der Waals surface area contributed by atoms with Crippen LogP contribution in [0.2, 0.25) is 0 Å². The van der Waals surface area contributed by atoms with E-state index in [1.54, 1.807) is 6.92 Å². The average Bonchev–Trinajstić information content (AvgIpc) is 2.92. The molecule has 3 rings (SSSR count). The van der Waals surface area contributed by atoms with Crippen LogP contribution in [0.4, 0.5) is 5.69 Å². The highest BCUT2D eigenvalue weighted by Crippen LogP contribution is 2.35. The Labute approximate surface area is 115 Å². The molecule has 2 aromatic rings. The molecule has 0 bridgehead atoms. The van der Waals surface area contributed by atoms with Crippen molar-refractivity contribution in [2.45, 2.75) is 27.3 Å². The number of ketones is 1. The maximum Gasteiger partial charge on any atom is 0.299 e. The van der Waals surface area contributed by atoms with E-state index < -0.39 is 11.7 Å². The molecular formula is C14H13N3O3. The third-order valence-electron chi connectivity index (χ3n) is 3.39. The maximum absolute atomic E-state index is 12.2. The van der Waals surface area contributed by atoms with Crippen molar-refractivity contribution < 1.29 is 14.0 Å². The second-order valence-corrected chi connectivity index (χ2v) is 4.86. The fourth-order valence-corrected chi connectivity index (χ4v) is 2.45. The molecule has 20 heavy (non-hydrogen) atoms. The molecule has 1 amide bonds. The maximum atomic E-state index is 12.2. The van der Waals surface area contributed by atoms with Gasteiger partial charge in [0.05, 0.1) is 11.3 Å². The zero-order valence-corrected chi connectivity index (χ0v) is 11.4. The Morgan fingerprint density at radius 3 is 2.45 bits per heavy atom. The number of aromatic nitrogens is 2. The van der Waals surface area contributed by atoms with Gasteiger partial charge < -0.3 is 4.42 Å². The van der Waals surface area contributed by atoms with Crippen LogP contribution < -0.4 is 4.90 Å². The third-order valence-corrected chi connectivity index (χ3v) is 3.39. The Kier molecular flexibility index (Phi) is 2.67. The largest absolute Gasteiger partial charge is 0.424 e. The van der Waals surface area contributed by atoms with Crippen molar-refractivity contribution in [1.29, 1.82) is 0 Å². The lowest BCUT2D eigenvalue weighted by Crippen LogP contribution is -2.29. The summed E-state index contributed by atoms with van der Waals surface area (Å²) in [5.74, 6) is -0.276. The number of rotatable bonds is 2. The topological polar surface area (TPSA) is 76.3 Å². The molecule has 6 heteroatoms. The second-order valence-electron chi connectivity index (χ2n) is 4.86. The molecule has 0 saturated heterocycles. The van der Waals surface area contributed by atoms with Crippen LogP contribution in [0.1, 0.15) is 33.3 Å². The first-order valence-electron chi connectivity index (χ1n) is 6.24. The van der Waals surface area contributed by atoms with Crippen LogP contribution in [0.3, 0.4) is 0 Å². The molecular weight excluding hydrogens is 258 g/mol. The highest BCUT2D eigenvalue weighted by atomic mass is 16.4. The third kappa shape index (κ3) is 1.72. The standard InChI is InChI=1S/C14H13N3O3/c1-7-4-5-8(2)12-11(7)13(18)14(19)17(12)6-10-16-15-9(3)20-10/h4-5H,6H2,1-3H3. The first kappa shape index (κ1) is 12.5. The summed E-state index contributed by atoms with van der Waals surface area (Å²) >= 11 is 0. The van der Waals surface area contributed by atoms with Gasteiger partial charge in [-0.15, -0.1) is 10.2 Å². The van der Waals surface area contributed by atoms with Crippen LogP contribution in [0, 0.1) is 20.8 Å². The Balaban J connectivity index is 2.08. The smallest absolute Gasteiger partial charge is 0.299 e. The van der Waals surface area contributed by atoms with E-state index in [2.05, 4.69) is 10.2 Å². The first-order chi connectivity index (χ1) is 9.49. The lowest BCUT2D eigenvalue weighted by molar-refractivity contribution is -0.114. The molecule has 6 nitrogen and oxygen atoms in total. The van der Waals surface area contributed by atoms with Crippen LogP contribution in [-0.4, -0.2) is 21.9 Å². The number of benzene rings is 1. The van der Waals surface area contributed by atoms with Crippen LogP contribution in [0.5, 0.6) is 0 Å². The molecule has 0 N–H and O–H groups in total. The monoisotopic (exact) mass is 271 g/mol. The Morgan fingerprint density at radius 1 is 1.10 bits per heavy atom. The van der Waals surface area contributed by atoms with Crippen molar-refractivity contribution in [2.24, 2.45) is 0 Å². The number of hydrogen-bond acceptors (Lipinski definition) is 5. The molecule has 102 valence electrons. The number of carbonyl (C=O) groups excluding carboxylic acids is 2. The van der Waals surface area contributed by atoms with E-state index in [0.29, 0.717) is 23.0 Å². The molecule has 0 radical (unpaired) electrons. The van der Waals surface area contributed by atoms with Gasteiger partial charge in [0.1, 0.15) is 6.54 Å². The van der Waals surface area contributed by atoms with Crippen LogP contribution >= 0.6 is 0 Å². The van der Waals surface area contributed by atoms with Gasteiger partial charge in [-0.1, -0.05) is 12.1 Å². The summed E-state index contributed by atoms with van der Waals surface area (Å²) in [6.07, 6.45) is 0. The summed E-state index contributed by atoms with van der Waals surface area (Å²) in [4.78, 5) is 25.7. The number of aryl methyl sites for hydroxylation is 3. The van der Waals surface area contributed by atoms with Crippen LogP contribution in [0.15, 0.2) is 16.5 Å². The van der Waals surface area contributed by atoms with Crippen molar-refractivity contribution in [3.05, 3.63) is 40.6 Å². The van der Waals surface area contributed by atoms with Crippen LogP contribution in [0.25, 0.3) is 0 Å². The Hall–Kier alpha value is -2.50. The molecule has 1 aliphatic rings. The van der Waals surface area contributed by atoms with E-state index in [0.717, 1.165) is 11.1 Å². The number of amides is 1. The lowest BCUT2D eigenvalue weighted by atomic mass is 10.0. The van der Waals surface area contributed by atoms with Gasteiger partial charge in [0.25, 0.3) is 11.7 Å². The summed E-state index contributed by atoms with van der Waals surface area (Å²) in [6.45, 7) is 5.49. The minimum absolute atomic E-state index is 0.114. The van der Waals surface area contributed by atoms with Crippen molar-refractivity contribution in [1.82, 2.24) is 10.2 Å². The fraction of sp³-hybridized carbons (Fsp3) is 0.286. The lowest BCUT2D eigenvalue weighted by Gasteiger charge is -2.16. The van der Waals surface area contributed by atoms with E-state index in [4.69, 9.17) is 4.42 Å². The molecule has 1 aromatic carbocycles. The van der Waals surface area contributed by atoms with E-state index >= 15 is 0 Å². The number of fused-ring (bicyclic) bond motifs is 1. The van der Waals surface area contributed by atoms with Crippen molar-refractivity contribution in [2.75, 3.05) is 4.90 Å². The SMILES string of the molecule is Cc1nnc(CN2C(=O)C(=O)c3c(C)ccc(C)c32)o1. The molecule has 0 spiro atoms. The number of carbonyl (C=O) groups is 2. The molecule has 0 unspecified atom stereocenters. The minimum Gasteiger partial charge on any atom is -0.424 e. The normalized spacial score (nSPS) is 14.1. The van der Waals surface area contributed by atoms with Gasteiger partial charge in [-0.2, -0.15) is 0 Å². The Morgan fingerprint density at radius 2 is 1.80 bits per heavy atom. The first-order valence-corrected chi connectivity index (χ1v) is 6.24. The van der Waals surface area contributed by atoms with Gasteiger partial charge in [-0.3, -0.25) is 14.5 Å². The molecule has 2 heterocycles. The highest BCUT2D eigenvalue weighted by Gasteiger charge is 2.38. The number of hydrogen-bond donors (Lipinski definition) is 0. The zero-order chi connectivity index (χ0) is 14.4. The second kappa shape index (κ2) is 4.26. The predicted octanol–water partition coefficient (Wildman–Crippen LogP) is 1.72. The molecule has 0 fully saturated rings. The van der Waals surface area contributed by atoms with E-state index in [1.807, 2.05) is 26.0 Å². The van der Waals surface area contributed by atoms with Gasteiger partial charge >= 0.3 is 0 Å². The highest BCUT2D eigenvalue weighted by molar-refractivity contribution is 6.52. The van der Waals surface area contributed by atoms with Crippen molar-refractivity contribution in [3.63, 3.8) is 0 Å². The van der Waals surface area contributed by atoms with Gasteiger partial charge in [0.2, 0.25) is 11.8 Å². The molecule has 1 aliphatic heterocycles. The molecule has 0 saturated carbocycles. The summed E-state index contributed by atoms with van der Waals surface area (Å²) in [5.41, 5.74) is 2.80. The minimum atomic E-state index is -0.548. The van der Waals surface area contributed by atoms with Gasteiger partial charge in [0.15, 0.2) is 0 Å². The molecule has 1 aromatic heterocycles. The van der Waals surface area contributed by atoms with E-state index in [9.17, 15) is 9.59 Å². The summed E-state index contributed by atoms with van der Waals surface area (Å²) < 4.78 is 5.29. The number of anilines is 1. The van der Waals surface area contributed by atoms with Crippen LogP contribution in [-0.2, 0) is 11.3 Å². The van der Waals surface area contributed by atoms with Crippen molar-refractivity contribution in [3.8, 4) is 0 Å². The fourth-order valence-electron chi connectivity index (χ4n) is 2.45. The molecule has 0 atom stereocenters. The number of Topliss-reactive ketones (excluding diaryl/α,β-unsaturated/α-hetero) is 1. The van der Waals surface area contributed by atoms with Gasteiger partial charge in [0, 0.05) is 6.92 Å². The zero-order valence-electron chi connectivity index (χ0n) is 11.4. The summed E-state index contributed by atoms with van der Waals surface area (Å²) in [6, 6.07) is 3.74. The number of nitrogens with zero attached hydrogens (tertiary/aromatic N) is 3. The average molecular weight is 271 g/mol. The Bertz CT molecular complexity index is 733. The molecule has 0 aliphatic carbocycles. The van der Waals surface area contributed by atoms with Gasteiger partial charge in [-0.05, 0) is 25.0 Å². The summed E-state index contributed by atoms with van der Waals surface area (Å²) in [7, 11) is 0.